The second kappa shape index (κ2) is 7.61. The molecule has 1 fully saturated rings. The Morgan fingerprint density at radius 2 is 2.05 bits per heavy atom. The molecule has 1 aromatic heterocycles. The van der Waals surface area contributed by atoms with E-state index in [1.54, 1.807) is 6.20 Å². The molecule has 120 valence electrons. The fourth-order valence-corrected chi connectivity index (χ4v) is 3.85. The first-order valence-corrected chi connectivity index (χ1v) is 8.64. The maximum atomic E-state index is 6.46. The van der Waals surface area contributed by atoms with Crippen molar-refractivity contribution in [1.29, 1.82) is 0 Å². The molecule has 0 spiro atoms. The number of aromatic nitrogens is 2. The van der Waals surface area contributed by atoms with E-state index in [0.717, 1.165) is 43.3 Å². The summed E-state index contributed by atoms with van der Waals surface area (Å²) in [5, 5.41) is 8.78. The number of hydrogen-bond acceptors (Lipinski definition) is 3. The molecule has 1 aliphatic carbocycles. The summed E-state index contributed by atoms with van der Waals surface area (Å²) in [5.74, 6) is 0. The zero-order valence-corrected chi connectivity index (χ0v) is 14.2. The first kappa shape index (κ1) is 16.8. The van der Waals surface area contributed by atoms with Gasteiger partial charge in [-0.25, -0.2) is 0 Å². The van der Waals surface area contributed by atoms with Crippen LogP contribution in [0.5, 0.6) is 0 Å². The van der Waals surface area contributed by atoms with E-state index in [4.69, 9.17) is 16.3 Å². The van der Waals surface area contributed by atoms with Gasteiger partial charge in [-0.15, -0.1) is 0 Å². The highest BCUT2D eigenvalue weighted by molar-refractivity contribution is 6.31. The average molecular weight is 314 g/mol. The molecule has 0 aliphatic heterocycles. The Labute approximate surface area is 133 Å². The molecule has 2 rings (SSSR count). The van der Waals surface area contributed by atoms with Crippen LogP contribution in [0.25, 0.3) is 0 Å². The van der Waals surface area contributed by atoms with Gasteiger partial charge in [0.05, 0.1) is 28.6 Å². The molecule has 1 unspecified atom stereocenters. The van der Waals surface area contributed by atoms with Gasteiger partial charge in [-0.05, 0) is 33.2 Å². The van der Waals surface area contributed by atoms with Crippen LogP contribution in [0.15, 0.2) is 6.20 Å². The van der Waals surface area contributed by atoms with E-state index in [0.29, 0.717) is 0 Å². The van der Waals surface area contributed by atoms with Gasteiger partial charge in [0.25, 0.3) is 0 Å². The van der Waals surface area contributed by atoms with Crippen LogP contribution < -0.4 is 5.32 Å². The highest BCUT2D eigenvalue weighted by atomic mass is 35.5. The summed E-state index contributed by atoms with van der Waals surface area (Å²) in [6, 6.07) is 0.109. The standard InChI is InChI=1S/C16H28ClN3O/c1-4-18-15(14-13(17)12-19-20(14)5-2)16(21-6-3)10-8-7-9-11-16/h12,15,18H,4-11H2,1-3H3. The van der Waals surface area contributed by atoms with E-state index in [2.05, 4.69) is 31.2 Å². The van der Waals surface area contributed by atoms with E-state index < -0.39 is 0 Å². The minimum Gasteiger partial charge on any atom is -0.373 e. The minimum absolute atomic E-state index is 0.109. The van der Waals surface area contributed by atoms with Crippen LogP contribution in [0.4, 0.5) is 0 Å². The Hall–Kier alpha value is -0.580. The third kappa shape index (κ3) is 3.43. The monoisotopic (exact) mass is 313 g/mol. The van der Waals surface area contributed by atoms with E-state index >= 15 is 0 Å². The lowest BCUT2D eigenvalue weighted by atomic mass is 9.77. The van der Waals surface area contributed by atoms with Gasteiger partial charge >= 0.3 is 0 Å². The SMILES string of the molecule is CCNC(c1c(Cl)cnn1CC)C1(OCC)CCCCC1. The molecule has 1 N–H and O–H groups in total. The largest absolute Gasteiger partial charge is 0.373 e. The molecule has 0 bridgehead atoms. The summed E-state index contributed by atoms with van der Waals surface area (Å²) in [4.78, 5) is 0. The van der Waals surface area contributed by atoms with Gasteiger partial charge in [0.15, 0.2) is 0 Å². The molecule has 5 heteroatoms. The number of ether oxygens (including phenoxy) is 1. The Kier molecular flexibility index (Phi) is 6.08. The Morgan fingerprint density at radius 3 is 2.62 bits per heavy atom. The van der Waals surface area contributed by atoms with Gasteiger partial charge in [-0.2, -0.15) is 5.10 Å². The van der Waals surface area contributed by atoms with Gasteiger partial charge in [0.1, 0.15) is 0 Å². The van der Waals surface area contributed by atoms with E-state index in [1.165, 1.54) is 19.3 Å². The topological polar surface area (TPSA) is 39.1 Å². The van der Waals surface area contributed by atoms with Crippen molar-refractivity contribution in [3.05, 3.63) is 16.9 Å². The third-order valence-corrected chi connectivity index (χ3v) is 4.76. The molecule has 1 saturated carbocycles. The maximum absolute atomic E-state index is 6.46. The van der Waals surface area contributed by atoms with Crippen LogP contribution in [-0.2, 0) is 11.3 Å². The van der Waals surface area contributed by atoms with Gasteiger partial charge in [-0.3, -0.25) is 4.68 Å². The Balaban J connectivity index is 2.41. The van der Waals surface area contributed by atoms with E-state index in [9.17, 15) is 0 Å². The molecule has 1 aliphatic rings. The van der Waals surface area contributed by atoms with Crippen LogP contribution in [-0.4, -0.2) is 28.5 Å². The molecule has 1 aromatic rings. The quantitative estimate of drug-likeness (QED) is 0.828. The number of rotatable bonds is 7. The van der Waals surface area contributed by atoms with Crippen LogP contribution in [0.2, 0.25) is 5.02 Å². The Morgan fingerprint density at radius 1 is 1.33 bits per heavy atom. The lowest BCUT2D eigenvalue weighted by molar-refractivity contribution is -0.0926. The third-order valence-electron chi connectivity index (χ3n) is 4.47. The van der Waals surface area contributed by atoms with Crippen molar-refractivity contribution in [2.24, 2.45) is 0 Å². The highest BCUT2D eigenvalue weighted by Crippen LogP contribution is 2.43. The van der Waals surface area contributed by atoms with Crippen molar-refractivity contribution in [2.75, 3.05) is 13.2 Å². The van der Waals surface area contributed by atoms with Crippen molar-refractivity contribution in [3.8, 4) is 0 Å². The smallest absolute Gasteiger partial charge is 0.0891 e. The first-order valence-electron chi connectivity index (χ1n) is 8.27. The number of nitrogens with one attached hydrogen (secondary N) is 1. The molecular weight excluding hydrogens is 286 g/mol. The van der Waals surface area contributed by atoms with Crippen LogP contribution in [0, 0.1) is 0 Å². The lowest BCUT2D eigenvalue weighted by Gasteiger charge is -2.43. The molecular formula is C16H28ClN3O. The van der Waals surface area contributed by atoms with Crippen molar-refractivity contribution in [1.82, 2.24) is 15.1 Å². The molecule has 21 heavy (non-hydrogen) atoms. The van der Waals surface area contributed by atoms with E-state index in [-0.39, 0.29) is 11.6 Å². The van der Waals surface area contributed by atoms with Gasteiger partial charge in [-0.1, -0.05) is 37.8 Å². The predicted octanol–water partition coefficient (Wildman–Crippen LogP) is 3.95. The normalized spacial score (nSPS) is 19.6. The van der Waals surface area contributed by atoms with Gasteiger partial charge in [0.2, 0.25) is 0 Å². The number of nitrogens with zero attached hydrogens (tertiary/aromatic N) is 2. The minimum atomic E-state index is -0.153. The van der Waals surface area contributed by atoms with E-state index in [1.807, 2.05) is 4.68 Å². The van der Waals surface area contributed by atoms with Crippen molar-refractivity contribution < 1.29 is 4.74 Å². The number of halogens is 1. The van der Waals surface area contributed by atoms with Crippen LogP contribution in [0.3, 0.4) is 0 Å². The molecule has 1 heterocycles. The van der Waals surface area contributed by atoms with Crippen molar-refractivity contribution in [3.63, 3.8) is 0 Å². The zero-order valence-electron chi connectivity index (χ0n) is 13.5. The highest BCUT2D eigenvalue weighted by Gasteiger charge is 2.43. The molecule has 0 aromatic carbocycles. The summed E-state index contributed by atoms with van der Waals surface area (Å²) < 4.78 is 8.31. The van der Waals surface area contributed by atoms with Gasteiger partial charge in [0, 0.05) is 13.2 Å². The summed E-state index contributed by atoms with van der Waals surface area (Å²) in [6.07, 6.45) is 7.68. The van der Waals surface area contributed by atoms with Crippen LogP contribution >= 0.6 is 11.6 Å². The van der Waals surface area contributed by atoms with Crippen molar-refractivity contribution >= 4 is 11.6 Å². The molecule has 0 saturated heterocycles. The zero-order chi connectivity index (χ0) is 15.3. The fourth-order valence-electron chi connectivity index (χ4n) is 3.60. The second-order valence-electron chi connectivity index (χ2n) is 5.74. The maximum Gasteiger partial charge on any atom is 0.0891 e. The molecule has 0 radical (unpaired) electrons. The fraction of sp³-hybridized carbons (Fsp3) is 0.812. The summed E-state index contributed by atoms with van der Waals surface area (Å²) in [6.45, 7) is 8.77. The Bertz CT molecular complexity index is 435. The lowest BCUT2D eigenvalue weighted by Crippen LogP contribution is -2.48. The van der Waals surface area contributed by atoms with Gasteiger partial charge < -0.3 is 10.1 Å². The number of likely N-dealkylation sites (N-methyl/N-ethyl adjacent to an activating group) is 1. The van der Waals surface area contributed by atoms with Crippen molar-refractivity contribution in [2.45, 2.75) is 71.1 Å². The van der Waals surface area contributed by atoms with Crippen LogP contribution in [0.1, 0.15) is 64.6 Å². The molecule has 1 atom stereocenters. The second-order valence-corrected chi connectivity index (χ2v) is 6.15. The summed E-state index contributed by atoms with van der Waals surface area (Å²) >= 11 is 6.46. The summed E-state index contributed by atoms with van der Waals surface area (Å²) in [7, 11) is 0. The average Bonchev–Trinajstić information content (AvgIpc) is 2.86. The molecule has 4 nitrogen and oxygen atoms in total. The molecule has 0 amide bonds. The number of aryl methyl sites for hydroxylation is 1. The predicted molar refractivity (Wildman–Crippen MR) is 86.8 cm³/mol. The summed E-state index contributed by atoms with van der Waals surface area (Å²) in [5.41, 5.74) is 0.927. The first-order chi connectivity index (χ1) is 10.2. The number of hydrogen-bond donors (Lipinski definition) is 1.